The topological polar surface area (TPSA) is 52.1 Å². The Bertz CT molecular complexity index is 711. The normalized spacial score (nSPS) is 17.9. The fraction of sp³-hybridized carbons (Fsp3) is 0.526. The molecule has 0 saturated heterocycles. The average Bonchev–Trinajstić information content (AvgIpc) is 3.06. The smallest absolute Gasteiger partial charge is 0.134 e. The Morgan fingerprint density at radius 1 is 1.20 bits per heavy atom. The summed E-state index contributed by atoms with van der Waals surface area (Å²) in [7, 11) is 1.67. The molecule has 1 N–H and O–H groups in total. The van der Waals surface area contributed by atoms with Gasteiger partial charge in [-0.25, -0.2) is 0 Å². The zero-order chi connectivity index (χ0) is 17.3. The first-order chi connectivity index (χ1) is 11.4. The molecule has 0 aromatic heterocycles. The van der Waals surface area contributed by atoms with E-state index in [9.17, 15) is 0 Å². The Morgan fingerprint density at radius 2 is 1.96 bits per heavy atom. The van der Waals surface area contributed by atoms with Crippen LogP contribution in [0.3, 0.4) is 0 Å². The number of nitrogens with zero attached hydrogens (tertiary/aromatic N) is 1. The molecule has 0 unspecified atom stereocenters. The first kappa shape index (κ1) is 20.0. The van der Waals surface area contributed by atoms with Crippen LogP contribution in [0.15, 0.2) is 22.7 Å². The highest BCUT2D eigenvalue weighted by Crippen LogP contribution is 2.43. The maximum absolute atomic E-state index is 6.24. The minimum Gasteiger partial charge on any atom is -0.490 e. The van der Waals surface area contributed by atoms with Crippen LogP contribution >= 0.6 is 24.0 Å². The van der Waals surface area contributed by atoms with Crippen LogP contribution in [-0.4, -0.2) is 44.8 Å². The first-order valence-corrected chi connectivity index (χ1v) is 8.40. The van der Waals surface area contributed by atoms with Crippen molar-refractivity contribution < 1.29 is 14.2 Å². The summed E-state index contributed by atoms with van der Waals surface area (Å²) in [5.41, 5.74) is 4.28. The number of amidine groups is 1. The number of nitrogens with one attached hydrogen (secondary N) is 1. The molecule has 2 aliphatic rings. The molecule has 1 aromatic rings. The van der Waals surface area contributed by atoms with E-state index in [0.29, 0.717) is 13.2 Å². The monoisotopic (exact) mass is 458 g/mol. The van der Waals surface area contributed by atoms with E-state index in [0.717, 1.165) is 41.6 Å². The molecule has 0 aliphatic carbocycles. The summed E-state index contributed by atoms with van der Waals surface area (Å²) in [6.07, 6.45) is 0. The lowest BCUT2D eigenvalue weighted by Crippen LogP contribution is -2.33. The molecule has 1 aromatic carbocycles. The summed E-state index contributed by atoms with van der Waals surface area (Å²) in [5, 5.41) is 3.33. The molecular weight excluding hydrogens is 431 g/mol. The summed E-state index contributed by atoms with van der Waals surface area (Å²) in [6.45, 7) is 11.2. The standard InChI is InChI=1S/C19H26N2O3.HI/c1-12-13(2)19(3,4)24-17-11-16(23-9-8-22-5)15(10-14(12)17)18-20-6-7-21-18;/h10-11H,6-9H2,1-5H3,(H,20,21);1H. The van der Waals surface area contributed by atoms with Crippen molar-refractivity contribution in [3.05, 3.63) is 28.8 Å². The number of aliphatic imine (C=N–C) groups is 1. The van der Waals surface area contributed by atoms with Crippen LogP contribution in [0.25, 0.3) is 5.57 Å². The number of benzene rings is 1. The summed E-state index contributed by atoms with van der Waals surface area (Å²) in [4.78, 5) is 4.55. The molecule has 0 spiro atoms. The lowest BCUT2D eigenvalue weighted by Gasteiger charge is -2.35. The molecule has 138 valence electrons. The van der Waals surface area contributed by atoms with Crippen molar-refractivity contribution in [2.24, 2.45) is 4.99 Å². The Kier molecular flexibility index (Phi) is 6.37. The molecule has 0 amide bonds. The van der Waals surface area contributed by atoms with Gasteiger partial charge in [0.2, 0.25) is 0 Å². The van der Waals surface area contributed by atoms with Gasteiger partial charge in [0, 0.05) is 25.3 Å². The summed E-state index contributed by atoms with van der Waals surface area (Å²) in [6, 6.07) is 4.11. The molecule has 25 heavy (non-hydrogen) atoms. The number of methoxy groups -OCH3 is 1. The number of ether oxygens (including phenoxy) is 3. The van der Waals surface area contributed by atoms with Gasteiger partial charge in [-0.1, -0.05) is 0 Å². The van der Waals surface area contributed by atoms with Gasteiger partial charge in [-0.2, -0.15) is 0 Å². The quantitative estimate of drug-likeness (QED) is 0.541. The van der Waals surface area contributed by atoms with E-state index in [2.05, 4.69) is 44.1 Å². The van der Waals surface area contributed by atoms with Crippen molar-refractivity contribution in [2.75, 3.05) is 33.4 Å². The average molecular weight is 458 g/mol. The maximum atomic E-state index is 6.24. The highest BCUT2D eigenvalue weighted by atomic mass is 127. The van der Waals surface area contributed by atoms with Crippen LogP contribution in [0.4, 0.5) is 0 Å². The molecule has 0 saturated carbocycles. The molecule has 2 aliphatic heterocycles. The molecule has 6 heteroatoms. The van der Waals surface area contributed by atoms with Crippen molar-refractivity contribution in [3.63, 3.8) is 0 Å². The van der Waals surface area contributed by atoms with E-state index in [1.165, 1.54) is 11.1 Å². The third kappa shape index (κ3) is 3.95. The van der Waals surface area contributed by atoms with Crippen LogP contribution in [-0.2, 0) is 4.74 Å². The summed E-state index contributed by atoms with van der Waals surface area (Å²) < 4.78 is 17.3. The van der Waals surface area contributed by atoms with Crippen molar-refractivity contribution in [1.82, 2.24) is 5.32 Å². The van der Waals surface area contributed by atoms with Gasteiger partial charge in [-0.05, 0) is 44.9 Å². The van der Waals surface area contributed by atoms with Crippen LogP contribution in [0.2, 0.25) is 0 Å². The highest BCUT2D eigenvalue weighted by Gasteiger charge is 2.32. The second kappa shape index (κ2) is 7.95. The SMILES string of the molecule is COCCOc1cc2c(cc1C1=NCCN1)C(C)=C(C)C(C)(C)O2.I. The van der Waals surface area contributed by atoms with Gasteiger partial charge in [0.25, 0.3) is 0 Å². The van der Waals surface area contributed by atoms with Gasteiger partial charge in [0.15, 0.2) is 0 Å². The van der Waals surface area contributed by atoms with E-state index in [4.69, 9.17) is 14.2 Å². The van der Waals surface area contributed by atoms with Gasteiger partial charge >= 0.3 is 0 Å². The molecule has 5 nitrogen and oxygen atoms in total. The van der Waals surface area contributed by atoms with E-state index in [-0.39, 0.29) is 29.6 Å². The highest BCUT2D eigenvalue weighted by molar-refractivity contribution is 14.0. The number of allylic oxidation sites excluding steroid dienone is 1. The zero-order valence-electron chi connectivity index (χ0n) is 15.6. The van der Waals surface area contributed by atoms with E-state index >= 15 is 0 Å². The first-order valence-electron chi connectivity index (χ1n) is 8.40. The Hall–Kier alpha value is -1.28. The third-order valence-electron chi connectivity index (χ3n) is 4.79. The Morgan fingerprint density at radius 3 is 2.60 bits per heavy atom. The third-order valence-corrected chi connectivity index (χ3v) is 4.79. The van der Waals surface area contributed by atoms with Crippen molar-refractivity contribution in [3.8, 4) is 11.5 Å². The molecule has 2 heterocycles. The van der Waals surface area contributed by atoms with E-state index in [1.54, 1.807) is 7.11 Å². The Balaban J connectivity index is 0.00000225. The molecule has 0 bridgehead atoms. The number of fused-ring (bicyclic) bond motifs is 1. The van der Waals surface area contributed by atoms with Gasteiger partial charge in [-0.3, -0.25) is 4.99 Å². The number of rotatable bonds is 5. The number of hydrogen-bond acceptors (Lipinski definition) is 5. The minimum atomic E-state index is -0.314. The summed E-state index contributed by atoms with van der Waals surface area (Å²) in [5.74, 6) is 2.53. The molecule has 0 radical (unpaired) electrons. The lowest BCUT2D eigenvalue weighted by atomic mass is 9.87. The second-order valence-corrected chi connectivity index (χ2v) is 6.71. The van der Waals surface area contributed by atoms with Gasteiger partial charge in [0.05, 0.1) is 18.7 Å². The predicted octanol–water partition coefficient (Wildman–Crippen LogP) is 3.64. The number of hydrogen-bond donors (Lipinski definition) is 1. The summed E-state index contributed by atoms with van der Waals surface area (Å²) >= 11 is 0. The zero-order valence-corrected chi connectivity index (χ0v) is 17.9. The van der Waals surface area contributed by atoms with E-state index in [1.807, 2.05) is 6.07 Å². The van der Waals surface area contributed by atoms with Crippen molar-refractivity contribution in [1.29, 1.82) is 0 Å². The van der Waals surface area contributed by atoms with Crippen molar-refractivity contribution >= 4 is 35.4 Å². The number of halogens is 1. The van der Waals surface area contributed by atoms with Crippen LogP contribution in [0, 0.1) is 0 Å². The molecule has 0 fully saturated rings. The second-order valence-electron chi connectivity index (χ2n) is 6.71. The molecular formula is C19H27IN2O3. The van der Waals surface area contributed by atoms with Crippen LogP contribution in [0.1, 0.15) is 38.8 Å². The minimum absolute atomic E-state index is 0. The largest absolute Gasteiger partial charge is 0.490 e. The lowest BCUT2D eigenvalue weighted by molar-refractivity contribution is 0.138. The van der Waals surface area contributed by atoms with Crippen LogP contribution in [0.5, 0.6) is 11.5 Å². The van der Waals surface area contributed by atoms with Crippen LogP contribution < -0.4 is 14.8 Å². The predicted molar refractivity (Wildman–Crippen MR) is 112 cm³/mol. The Labute approximate surface area is 166 Å². The fourth-order valence-electron chi connectivity index (χ4n) is 3.06. The van der Waals surface area contributed by atoms with E-state index < -0.39 is 0 Å². The molecule has 0 atom stereocenters. The maximum Gasteiger partial charge on any atom is 0.134 e. The fourth-order valence-corrected chi connectivity index (χ4v) is 3.06. The van der Waals surface area contributed by atoms with Gasteiger partial charge in [0.1, 0.15) is 29.5 Å². The molecule has 3 rings (SSSR count). The van der Waals surface area contributed by atoms with Gasteiger partial charge < -0.3 is 19.5 Å². The van der Waals surface area contributed by atoms with Crippen molar-refractivity contribution in [2.45, 2.75) is 33.3 Å². The van der Waals surface area contributed by atoms with Gasteiger partial charge in [-0.15, -0.1) is 24.0 Å².